The number of hydrogen-bond donors (Lipinski definition) is 1. The van der Waals surface area contributed by atoms with Crippen molar-refractivity contribution in [2.24, 2.45) is 11.7 Å². The van der Waals surface area contributed by atoms with E-state index < -0.39 is 0 Å². The quantitative estimate of drug-likeness (QED) is 0.676. The van der Waals surface area contributed by atoms with Gasteiger partial charge in [0.2, 0.25) is 0 Å². The van der Waals surface area contributed by atoms with Crippen LogP contribution < -0.4 is 5.73 Å². The average Bonchev–Trinajstić information content (AvgIpc) is 2.14. The van der Waals surface area contributed by atoms with Crippen LogP contribution in [-0.4, -0.2) is 43.1 Å². The second-order valence-electron chi connectivity index (χ2n) is 4.25. The molecule has 0 heterocycles. The van der Waals surface area contributed by atoms with Gasteiger partial charge in [0, 0.05) is 12.6 Å². The maximum Gasteiger partial charge on any atom is 0.00718 e. The zero-order valence-corrected chi connectivity index (χ0v) is 10.9. The number of nitrogens with zero attached hydrogens (tertiary/aromatic N) is 1. The average molecular weight is 218 g/mol. The lowest BCUT2D eigenvalue weighted by Gasteiger charge is -2.27. The first kappa shape index (κ1) is 14.3. The molecule has 0 fully saturated rings. The minimum Gasteiger partial charge on any atom is -0.330 e. The molecule has 0 saturated heterocycles. The zero-order valence-electron chi connectivity index (χ0n) is 10.1. The van der Waals surface area contributed by atoms with Crippen molar-refractivity contribution in [3.63, 3.8) is 0 Å². The predicted octanol–water partition coefficient (Wildman–Crippen LogP) is 2.04. The van der Waals surface area contributed by atoms with Gasteiger partial charge in [0.05, 0.1) is 0 Å². The Hall–Kier alpha value is 0.270. The van der Waals surface area contributed by atoms with Crippen LogP contribution in [0.3, 0.4) is 0 Å². The van der Waals surface area contributed by atoms with Gasteiger partial charge in [-0.2, -0.15) is 11.8 Å². The third-order valence-corrected chi connectivity index (χ3v) is 3.40. The van der Waals surface area contributed by atoms with E-state index in [9.17, 15) is 0 Å². The molecule has 0 aromatic heterocycles. The van der Waals surface area contributed by atoms with Crippen molar-refractivity contribution in [3.05, 3.63) is 0 Å². The van der Waals surface area contributed by atoms with E-state index in [-0.39, 0.29) is 0 Å². The Morgan fingerprint density at radius 2 is 1.93 bits per heavy atom. The SMILES string of the molecule is CSCCC(C)N(C)CC(C)CCN. The highest BCUT2D eigenvalue weighted by atomic mass is 32.2. The first-order chi connectivity index (χ1) is 6.61. The Morgan fingerprint density at radius 3 is 2.43 bits per heavy atom. The molecule has 3 heteroatoms. The van der Waals surface area contributed by atoms with Crippen LogP contribution >= 0.6 is 11.8 Å². The van der Waals surface area contributed by atoms with Crippen molar-refractivity contribution >= 4 is 11.8 Å². The second-order valence-corrected chi connectivity index (χ2v) is 5.24. The van der Waals surface area contributed by atoms with Crippen LogP contribution in [0, 0.1) is 5.92 Å². The normalized spacial score (nSPS) is 15.9. The summed E-state index contributed by atoms with van der Waals surface area (Å²) >= 11 is 1.93. The van der Waals surface area contributed by atoms with Gasteiger partial charge < -0.3 is 10.6 Å². The van der Waals surface area contributed by atoms with Gasteiger partial charge in [0.25, 0.3) is 0 Å². The molecule has 0 spiro atoms. The minimum atomic E-state index is 0.697. The van der Waals surface area contributed by atoms with E-state index in [2.05, 4.69) is 32.1 Å². The Morgan fingerprint density at radius 1 is 1.29 bits per heavy atom. The molecule has 2 N–H and O–H groups in total. The molecule has 0 amide bonds. The standard InChI is InChI=1S/C11H26N2S/c1-10(5-7-12)9-13(3)11(2)6-8-14-4/h10-11H,5-9,12H2,1-4H3. The van der Waals surface area contributed by atoms with Crippen LogP contribution in [0.4, 0.5) is 0 Å². The fourth-order valence-electron chi connectivity index (χ4n) is 1.56. The molecule has 0 aromatic rings. The molecule has 0 saturated carbocycles. The van der Waals surface area contributed by atoms with Crippen molar-refractivity contribution in [2.45, 2.75) is 32.7 Å². The third kappa shape index (κ3) is 6.68. The molecule has 2 atom stereocenters. The highest BCUT2D eigenvalue weighted by Gasteiger charge is 2.11. The van der Waals surface area contributed by atoms with Crippen molar-refractivity contribution in [1.82, 2.24) is 4.90 Å². The molecular formula is C11H26N2S. The van der Waals surface area contributed by atoms with Gasteiger partial charge >= 0.3 is 0 Å². The summed E-state index contributed by atoms with van der Waals surface area (Å²) in [6.45, 7) is 6.58. The third-order valence-electron chi connectivity index (χ3n) is 2.75. The van der Waals surface area contributed by atoms with Gasteiger partial charge in [-0.05, 0) is 51.3 Å². The van der Waals surface area contributed by atoms with Crippen LogP contribution in [-0.2, 0) is 0 Å². The van der Waals surface area contributed by atoms with Crippen LogP contribution in [0.2, 0.25) is 0 Å². The van der Waals surface area contributed by atoms with Gasteiger partial charge in [-0.1, -0.05) is 6.92 Å². The molecular weight excluding hydrogens is 192 g/mol. The fourth-order valence-corrected chi connectivity index (χ4v) is 2.13. The van der Waals surface area contributed by atoms with Crippen molar-refractivity contribution in [1.29, 1.82) is 0 Å². The van der Waals surface area contributed by atoms with E-state index >= 15 is 0 Å². The van der Waals surface area contributed by atoms with Gasteiger partial charge in [-0.25, -0.2) is 0 Å². The lowest BCUT2D eigenvalue weighted by Crippen LogP contribution is -2.33. The maximum atomic E-state index is 5.54. The Balaban J connectivity index is 3.64. The van der Waals surface area contributed by atoms with E-state index in [0.29, 0.717) is 6.04 Å². The van der Waals surface area contributed by atoms with Crippen LogP contribution in [0.25, 0.3) is 0 Å². The van der Waals surface area contributed by atoms with E-state index in [1.807, 2.05) is 11.8 Å². The van der Waals surface area contributed by atoms with Crippen molar-refractivity contribution < 1.29 is 0 Å². The van der Waals surface area contributed by atoms with Crippen LogP contribution in [0.15, 0.2) is 0 Å². The van der Waals surface area contributed by atoms with Gasteiger partial charge in [-0.15, -0.1) is 0 Å². The van der Waals surface area contributed by atoms with E-state index in [4.69, 9.17) is 5.73 Å². The molecule has 0 aliphatic carbocycles. The van der Waals surface area contributed by atoms with E-state index in [0.717, 1.165) is 18.9 Å². The zero-order chi connectivity index (χ0) is 11.0. The van der Waals surface area contributed by atoms with Gasteiger partial charge in [0.1, 0.15) is 0 Å². The summed E-state index contributed by atoms with van der Waals surface area (Å²) in [7, 11) is 2.22. The number of thioether (sulfide) groups is 1. The van der Waals surface area contributed by atoms with Crippen LogP contribution in [0.1, 0.15) is 26.7 Å². The monoisotopic (exact) mass is 218 g/mol. The van der Waals surface area contributed by atoms with Gasteiger partial charge in [0.15, 0.2) is 0 Å². The summed E-state index contributed by atoms with van der Waals surface area (Å²) < 4.78 is 0. The molecule has 2 nitrogen and oxygen atoms in total. The molecule has 86 valence electrons. The number of hydrogen-bond acceptors (Lipinski definition) is 3. The van der Waals surface area contributed by atoms with Gasteiger partial charge in [-0.3, -0.25) is 0 Å². The fraction of sp³-hybridized carbons (Fsp3) is 1.00. The summed E-state index contributed by atoms with van der Waals surface area (Å²) in [6, 6.07) is 0.697. The molecule has 0 radical (unpaired) electrons. The van der Waals surface area contributed by atoms with E-state index in [1.165, 1.54) is 18.7 Å². The smallest absolute Gasteiger partial charge is 0.00718 e. The summed E-state index contributed by atoms with van der Waals surface area (Å²) in [5.74, 6) is 1.98. The summed E-state index contributed by atoms with van der Waals surface area (Å²) in [5.41, 5.74) is 5.54. The second kappa shape index (κ2) is 8.57. The van der Waals surface area contributed by atoms with Crippen LogP contribution in [0.5, 0.6) is 0 Å². The first-order valence-corrected chi connectivity index (χ1v) is 6.90. The predicted molar refractivity (Wildman–Crippen MR) is 67.9 cm³/mol. The lowest BCUT2D eigenvalue weighted by atomic mass is 10.1. The molecule has 2 unspecified atom stereocenters. The highest BCUT2D eigenvalue weighted by molar-refractivity contribution is 7.98. The highest BCUT2D eigenvalue weighted by Crippen LogP contribution is 2.09. The summed E-state index contributed by atoms with van der Waals surface area (Å²) in [6.07, 6.45) is 4.59. The Labute approximate surface area is 93.6 Å². The Kier molecular flexibility index (Phi) is 8.73. The summed E-state index contributed by atoms with van der Waals surface area (Å²) in [4.78, 5) is 2.45. The summed E-state index contributed by atoms with van der Waals surface area (Å²) in [5, 5.41) is 0. The Bertz CT molecular complexity index is 130. The molecule has 0 aromatic carbocycles. The molecule has 14 heavy (non-hydrogen) atoms. The first-order valence-electron chi connectivity index (χ1n) is 5.51. The molecule has 0 bridgehead atoms. The van der Waals surface area contributed by atoms with Crippen molar-refractivity contribution in [2.75, 3.05) is 32.1 Å². The molecule has 0 aliphatic heterocycles. The maximum absolute atomic E-state index is 5.54. The molecule has 0 aliphatic rings. The number of nitrogens with two attached hydrogens (primary N) is 1. The van der Waals surface area contributed by atoms with Crippen molar-refractivity contribution in [3.8, 4) is 0 Å². The molecule has 0 rings (SSSR count). The minimum absolute atomic E-state index is 0.697. The largest absolute Gasteiger partial charge is 0.330 e. The topological polar surface area (TPSA) is 29.3 Å². The van der Waals surface area contributed by atoms with E-state index in [1.54, 1.807) is 0 Å². The number of rotatable bonds is 8. The lowest BCUT2D eigenvalue weighted by molar-refractivity contribution is 0.217.